The molecule has 0 N–H and O–H groups in total. The minimum atomic E-state index is -3.46. The molecule has 2 heterocycles. The number of sulfonamides is 1. The largest absolute Gasteiger partial charge is 0.339 e. The first-order valence-electron chi connectivity index (χ1n) is 8.65. The molecule has 0 saturated carbocycles. The fourth-order valence-electron chi connectivity index (χ4n) is 2.84. The quantitative estimate of drug-likeness (QED) is 0.677. The summed E-state index contributed by atoms with van der Waals surface area (Å²) in [6.45, 7) is 2.68. The summed E-state index contributed by atoms with van der Waals surface area (Å²) in [7, 11) is -3.46. The average molecular weight is 381 g/mol. The molecule has 0 amide bonds. The molecular weight excluding hydrogens is 362 g/mol. The molecule has 138 valence electrons. The van der Waals surface area contributed by atoms with E-state index in [1.165, 1.54) is 9.71 Å². The minimum Gasteiger partial charge on any atom is -0.339 e. The van der Waals surface area contributed by atoms with Crippen molar-refractivity contribution < 1.29 is 12.9 Å². The lowest BCUT2D eigenvalue weighted by Gasteiger charge is -2.34. The van der Waals surface area contributed by atoms with Crippen LogP contribution in [0.5, 0.6) is 0 Å². The van der Waals surface area contributed by atoms with Crippen molar-refractivity contribution in [3.63, 3.8) is 0 Å². The van der Waals surface area contributed by atoms with Crippen LogP contribution < -0.4 is 0 Å². The van der Waals surface area contributed by atoms with Gasteiger partial charge in [0.1, 0.15) is 0 Å². The van der Waals surface area contributed by atoms with Gasteiger partial charge in [-0.25, -0.2) is 8.42 Å². The summed E-state index contributed by atoms with van der Waals surface area (Å²) in [6.07, 6.45) is 1.61. The number of nitrogens with zero attached hydrogens (tertiary/aromatic N) is 3. The van der Waals surface area contributed by atoms with Crippen molar-refractivity contribution in [2.45, 2.75) is 12.8 Å². The molecule has 3 aromatic rings. The molecule has 0 aliphatic carbocycles. The van der Waals surface area contributed by atoms with Crippen LogP contribution in [0.3, 0.4) is 0 Å². The summed E-state index contributed by atoms with van der Waals surface area (Å²) in [6, 6.07) is 17.2. The third kappa shape index (κ3) is 3.84. The van der Waals surface area contributed by atoms with Gasteiger partial charge in [-0.05, 0) is 18.6 Å². The van der Waals surface area contributed by atoms with Gasteiger partial charge in [-0.2, -0.15) is 9.29 Å². The smallest absolute Gasteiger partial charge is 0.236 e. The van der Waals surface area contributed by atoms with E-state index >= 15 is 0 Å². The highest BCUT2D eigenvalue weighted by molar-refractivity contribution is 7.92. The van der Waals surface area contributed by atoms with Crippen LogP contribution in [0.25, 0.3) is 17.5 Å². The van der Waals surface area contributed by atoms with Crippen LogP contribution in [0, 0.1) is 6.92 Å². The third-order valence-corrected chi connectivity index (χ3v) is 6.04. The highest BCUT2D eigenvalue weighted by Crippen LogP contribution is 2.30. The zero-order chi connectivity index (χ0) is 18.9. The summed E-state index contributed by atoms with van der Waals surface area (Å²) >= 11 is 0. The lowest BCUT2D eigenvalue weighted by atomic mass is 10.0. The molecule has 1 aromatic heterocycles. The average Bonchev–Trinajstić information content (AvgIpc) is 3.10. The minimum absolute atomic E-state index is 0.0717. The predicted molar refractivity (Wildman–Crippen MR) is 103 cm³/mol. The zero-order valence-corrected chi connectivity index (χ0v) is 15.6. The summed E-state index contributed by atoms with van der Waals surface area (Å²) in [4.78, 5) is 4.40. The Labute approximate surface area is 158 Å². The van der Waals surface area contributed by atoms with E-state index in [-0.39, 0.29) is 5.92 Å². The molecule has 1 fully saturated rings. The van der Waals surface area contributed by atoms with Crippen molar-refractivity contribution in [3.05, 3.63) is 77.0 Å². The molecule has 27 heavy (non-hydrogen) atoms. The van der Waals surface area contributed by atoms with Crippen LogP contribution >= 0.6 is 0 Å². The van der Waals surface area contributed by atoms with Gasteiger partial charge in [-0.1, -0.05) is 65.3 Å². The normalized spacial score (nSPS) is 15.9. The fourth-order valence-corrected chi connectivity index (χ4v) is 4.11. The van der Waals surface area contributed by atoms with Crippen LogP contribution in [0.1, 0.15) is 22.9 Å². The molecule has 1 aliphatic heterocycles. The first-order chi connectivity index (χ1) is 13.0. The molecule has 1 aliphatic rings. The van der Waals surface area contributed by atoms with E-state index < -0.39 is 10.0 Å². The summed E-state index contributed by atoms with van der Waals surface area (Å²) in [5.74, 6) is 0.923. The summed E-state index contributed by atoms with van der Waals surface area (Å²) in [5, 5.41) is 5.24. The van der Waals surface area contributed by atoms with Crippen molar-refractivity contribution in [3.8, 4) is 11.4 Å². The van der Waals surface area contributed by atoms with Crippen molar-refractivity contribution in [1.29, 1.82) is 0 Å². The number of rotatable bonds is 5. The first-order valence-corrected chi connectivity index (χ1v) is 10.2. The topological polar surface area (TPSA) is 76.3 Å². The Morgan fingerprint density at radius 3 is 2.48 bits per heavy atom. The van der Waals surface area contributed by atoms with Crippen LogP contribution in [-0.2, 0) is 10.0 Å². The number of hydrogen-bond donors (Lipinski definition) is 0. The number of aromatic nitrogens is 2. The Balaban J connectivity index is 1.40. The highest BCUT2D eigenvalue weighted by Gasteiger charge is 2.38. The molecule has 2 aromatic carbocycles. The van der Waals surface area contributed by atoms with Crippen LogP contribution in [0.4, 0.5) is 0 Å². The Hall–Kier alpha value is -2.77. The summed E-state index contributed by atoms with van der Waals surface area (Å²) < 4.78 is 31.6. The fraction of sp³-hybridized carbons (Fsp3) is 0.200. The van der Waals surface area contributed by atoms with Gasteiger partial charge in [0, 0.05) is 24.1 Å². The SMILES string of the molecule is Cc1ccc(/C=C/S(=O)(=O)N2CC(c3nc(-c4ccccc4)no3)C2)cc1. The summed E-state index contributed by atoms with van der Waals surface area (Å²) in [5.41, 5.74) is 2.86. The second-order valence-corrected chi connectivity index (χ2v) is 8.41. The molecule has 0 atom stereocenters. The molecule has 7 heteroatoms. The standard InChI is InChI=1S/C20H19N3O3S/c1-15-7-9-16(10-8-15)11-12-27(24,25)23-13-18(14-23)20-21-19(22-26-20)17-5-3-2-4-6-17/h2-12,18H,13-14H2,1H3/b12-11+. The van der Waals surface area contributed by atoms with Gasteiger partial charge in [0.2, 0.25) is 21.7 Å². The second-order valence-electron chi connectivity index (χ2n) is 6.59. The molecule has 6 nitrogen and oxygen atoms in total. The van der Waals surface area contributed by atoms with E-state index in [1.54, 1.807) is 6.08 Å². The Kier molecular flexibility index (Phi) is 4.63. The number of hydrogen-bond acceptors (Lipinski definition) is 5. The second kappa shape index (κ2) is 7.09. The maximum atomic E-state index is 12.4. The van der Waals surface area contributed by atoms with E-state index in [2.05, 4.69) is 10.1 Å². The predicted octanol–water partition coefficient (Wildman–Crippen LogP) is 3.44. The van der Waals surface area contributed by atoms with Crippen LogP contribution in [0.2, 0.25) is 0 Å². The van der Waals surface area contributed by atoms with Crippen molar-refractivity contribution in [2.75, 3.05) is 13.1 Å². The lowest BCUT2D eigenvalue weighted by molar-refractivity contribution is 0.219. The maximum absolute atomic E-state index is 12.4. The van der Waals surface area contributed by atoms with E-state index in [4.69, 9.17) is 4.52 Å². The van der Waals surface area contributed by atoms with Gasteiger partial charge in [-0.3, -0.25) is 0 Å². The van der Waals surface area contributed by atoms with Gasteiger partial charge in [-0.15, -0.1) is 0 Å². The van der Waals surface area contributed by atoms with Crippen LogP contribution in [0.15, 0.2) is 64.5 Å². The van der Waals surface area contributed by atoms with E-state index in [9.17, 15) is 8.42 Å². The van der Waals surface area contributed by atoms with Gasteiger partial charge in [0.05, 0.1) is 5.92 Å². The highest BCUT2D eigenvalue weighted by atomic mass is 32.2. The van der Waals surface area contributed by atoms with Gasteiger partial charge < -0.3 is 4.52 Å². The van der Waals surface area contributed by atoms with Crippen molar-refractivity contribution in [1.82, 2.24) is 14.4 Å². The monoisotopic (exact) mass is 381 g/mol. The maximum Gasteiger partial charge on any atom is 0.236 e. The van der Waals surface area contributed by atoms with Crippen LogP contribution in [-0.4, -0.2) is 36.0 Å². The van der Waals surface area contributed by atoms with Gasteiger partial charge >= 0.3 is 0 Å². The van der Waals surface area contributed by atoms with Gasteiger partial charge in [0.25, 0.3) is 0 Å². The molecule has 0 spiro atoms. The Bertz CT molecular complexity index is 1050. The molecule has 4 rings (SSSR count). The number of benzene rings is 2. The molecule has 0 unspecified atom stereocenters. The molecule has 0 radical (unpaired) electrons. The van der Waals surface area contributed by atoms with Crippen molar-refractivity contribution >= 4 is 16.1 Å². The zero-order valence-electron chi connectivity index (χ0n) is 14.8. The van der Waals surface area contributed by atoms with E-state index in [0.717, 1.165) is 16.7 Å². The molecular formula is C20H19N3O3S. The number of aryl methyl sites for hydroxylation is 1. The Morgan fingerprint density at radius 1 is 1.07 bits per heavy atom. The molecule has 0 bridgehead atoms. The first kappa shape index (κ1) is 17.6. The van der Waals surface area contributed by atoms with Crippen molar-refractivity contribution in [2.24, 2.45) is 0 Å². The van der Waals surface area contributed by atoms with E-state index in [1.807, 2.05) is 61.5 Å². The molecule has 1 saturated heterocycles. The third-order valence-electron chi connectivity index (χ3n) is 4.54. The lowest BCUT2D eigenvalue weighted by Crippen LogP contribution is -2.47. The van der Waals surface area contributed by atoms with E-state index in [0.29, 0.717) is 24.8 Å². The Morgan fingerprint density at radius 2 is 1.78 bits per heavy atom. The van der Waals surface area contributed by atoms with Gasteiger partial charge in [0.15, 0.2) is 0 Å².